The molecule has 2 rings (SSSR count). The van der Waals surface area contributed by atoms with Crippen molar-refractivity contribution < 1.29 is 4.74 Å². The van der Waals surface area contributed by atoms with Gasteiger partial charge < -0.3 is 15.4 Å². The van der Waals surface area contributed by atoms with Crippen LogP contribution in [0.4, 0.5) is 0 Å². The molecule has 0 amide bonds. The fraction of sp³-hybridized carbons (Fsp3) is 0.444. The summed E-state index contributed by atoms with van der Waals surface area (Å²) in [5.41, 5.74) is 1.29. The Bertz CT molecular complexity index is 660. The Labute approximate surface area is 171 Å². The molecule has 7 heteroatoms. The van der Waals surface area contributed by atoms with Crippen LogP contribution in [0.3, 0.4) is 0 Å². The van der Waals surface area contributed by atoms with Crippen molar-refractivity contribution in [2.45, 2.75) is 26.2 Å². The summed E-state index contributed by atoms with van der Waals surface area (Å²) in [5.74, 6) is 1.75. The number of aromatic nitrogens is 1. The number of hydrogen-bond donors (Lipinski definition) is 2. The highest BCUT2D eigenvalue weighted by Gasteiger charge is 2.01. The maximum atomic E-state index is 5.25. The first-order valence-corrected chi connectivity index (χ1v) is 9.01. The van der Waals surface area contributed by atoms with Crippen molar-refractivity contribution in [3.8, 4) is 5.75 Å². The van der Waals surface area contributed by atoms with Crippen LogP contribution in [0.15, 0.2) is 35.5 Å². The second-order valence-corrected chi connectivity index (χ2v) is 6.81. The van der Waals surface area contributed by atoms with Crippen LogP contribution in [0.1, 0.15) is 21.9 Å². The summed E-state index contributed by atoms with van der Waals surface area (Å²) in [7, 11) is 3.49. The van der Waals surface area contributed by atoms with Crippen LogP contribution in [0, 0.1) is 6.92 Å². The molecule has 1 aromatic heterocycles. The van der Waals surface area contributed by atoms with Gasteiger partial charge in [-0.05, 0) is 37.5 Å². The van der Waals surface area contributed by atoms with E-state index in [2.05, 4.69) is 39.7 Å². The van der Waals surface area contributed by atoms with Gasteiger partial charge in [0.15, 0.2) is 5.96 Å². The first kappa shape index (κ1) is 21.7. The molecule has 0 fully saturated rings. The number of aliphatic imine (C=N–C) groups is 1. The minimum absolute atomic E-state index is 0. The quantitative estimate of drug-likeness (QED) is 0.267. The van der Waals surface area contributed by atoms with Gasteiger partial charge in [0, 0.05) is 37.6 Å². The van der Waals surface area contributed by atoms with Crippen molar-refractivity contribution in [2.24, 2.45) is 4.99 Å². The predicted molar refractivity (Wildman–Crippen MR) is 117 cm³/mol. The van der Waals surface area contributed by atoms with Crippen molar-refractivity contribution >= 4 is 41.3 Å². The van der Waals surface area contributed by atoms with Crippen LogP contribution in [-0.2, 0) is 12.8 Å². The number of thiazole rings is 1. The largest absolute Gasteiger partial charge is 0.497 e. The van der Waals surface area contributed by atoms with Gasteiger partial charge >= 0.3 is 0 Å². The molecule has 0 atom stereocenters. The molecule has 138 valence electrons. The second-order valence-electron chi connectivity index (χ2n) is 5.50. The molecule has 2 N–H and O–H groups in total. The highest BCUT2D eigenvalue weighted by molar-refractivity contribution is 14.0. The number of methoxy groups -OCH3 is 1. The minimum atomic E-state index is 0. The molecule has 1 heterocycles. The lowest BCUT2D eigenvalue weighted by molar-refractivity contribution is 0.414. The van der Waals surface area contributed by atoms with Gasteiger partial charge in [-0.25, -0.2) is 4.98 Å². The summed E-state index contributed by atoms with van der Waals surface area (Å²) in [6, 6.07) is 8.22. The van der Waals surface area contributed by atoms with E-state index in [9.17, 15) is 0 Å². The number of benzene rings is 1. The van der Waals surface area contributed by atoms with Gasteiger partial charge in [-0.3, -0.25) is 4.99 Å². The Kier molecular flexibility index (Phi) is 10.5. The lowest BCUT2D eigenvalue weighted by atomic mass is 10.1. The predicted octanol–water partition coefficient (Wildman–Crippen LogP) is 3.42. The monoisotopic (exact) mass is 474 g/mol. The van der Waals surface area contributed by atoms with E-state index in [0.29, 0.717) is 0 Å². The van der Waals surface area contributed by atoms with E-state index in [1.54, 1.807) is 25.5 Å². The fourth-order valence-corrected chi connectivity index (χ4v) is 3.14. The number of rotatable bonds is 8. The van der Waals surface area contributed by atoms with Crippen LogP contribution in [-0.4, -0.2) is 38.2 Å². The summed E-state index contributed by atoms with van der Waals surface area (Å²) in [6.45, 7) is 3.80. The van der Waals surface area contributed by atoms with E-state index >= 15 is 0 Å². The zero-order valence-corrected chi connectivity index (χ0v) is 18.2. The molecule has 0 aliphatic heterocycles. The van der Waals surface area contributed by atoms with Gasteiger partial charge in [-0.1, -0.05) is 12.1 Å². The van der Waals surface area contributed by atoms with Gasteiger partial charge in [0.2, 0.25) is 0 Å². The molecule has 0 unspecified atom stereocenters. The molecular formula is C18H27IN4OS. The normalized spacial score (nSPS) is 10.9. The number of hydrogen-bond acceptors (Lipinski definition) is 4. The van der Waals surface area contributed by atoms with Crippen LogP contribution in [0.5, 0.6) is 5.75 Å². The Hall–Kier alpha value is -1.35. The number of aryl methyl sites for hydroxylation is 2. The number of halogens is 1. The average Bonchev–Trinajstić information content (AvgIpc) is 3.02. The first-order valence-electron chi connectivity index (χ1n) is 8.20. The maximum absolute atomic E-state index is 5.25. The summed E-state index contributed by atoms with van der Waals surface area (Å²) in [5, 5.41) is 7.84. The zero-order valence-electron chi connectivity index (χ0n) is 15.0. The van der Waals surface area contributed by atoms with Gasteiger partial charge in [0.25, 0.3) is 0 Å². The van der Waals surface area contributed by atoms with Gasteiger partial charge in [-0.2, -0.15) is 0 Å². The molecule has 0 saturated heterocycles. The highest BCUT2D eigenvalue weighted by atomic mass is 127. The van der Waals surface area contributed by atoms with Crippen LogP contribution >= 0.6 is 35.3 Å². The fourth-order valence-electron chi connectivity index (χ4n) is 2.35. The molecule has 0 aliphatic carbocycles. The van der Waals surface area contributed by atoms with E-state index in [-0.39, 0.29) is 24.0 Å². The molecule has 0 aliphatic rings. The molecule has 0 radical (unpaired) electrons. The van der Waals surface area contributed by atoms with Crippen molar-refractivity contribution in [3.63, 3.8) is 0 Å². The van der Waals surface area contributed by atoms with Crippen LogP contribution in [0.2, 0.25) is 0 Å². The number of ether oxygens (including phenoxy) is 1. The molecular weight excluding hydrogens is 447 g/mol. The smallest absolute Gasteiger partial charge is 0.190 e. The lowest BCUT2D eigenvalue weighted by Gasteiger charge is -2.11. The standard InChI is InChI=1S/C18H26N4OS.HI/c1-14-13-22-17(24-14)9-11-21-18(19-2)20-10-5-7-15-6-4-8-16(12-15)23-3;/h4,6,8,12-13H,5,7,9-11H2,1-3H3,(H2,19,20,21);1H. The Balaban J connectivity index is 0.00000312. The van der Waals surface area contributed by atoms with Gasteiger partial charge in [0.1, 0.15) is 5.75 Å². The maximum Gasteiger partial charge on any atom is 0.190 e. The second kappa shape index (κ2) is 12.1. The molecule has 5 nitrogen and oxygen atoms in total. The zero-order chi connectivity index (χ0) is 17.2. The van der Waals surface area contributed by atoms with Gasteiger partial charge in [0.05, 0.1) is 12.1 Å². The SMILES string of the molecule is CN=C(NCCCc1cccc(OC)c1)NCCc1ncc(C)s1.I. The third-order valence-corrected chi connectivity index (χ3v) is 4.57. The third-order valence-electron chi connectivity index (χ3n) is 3.59. The average molecular weight is 474 g/mol. The van der Waals surface area contributed by atoms with Crippen LogP contribution < -0.4 is 15.4 Å². The Morgan fingerprint density at radius 1 is 1.24 bits per heavy atom. The molecule has 25 heavy (non-hydrogen) atoms. The molecule has 1 aromatic carbocycles. The number of nitrogens with zero attached hydrogens (tertiary/aromatic N) is 2. The molecule has 0 spiro atoms. The van der Waals surface area contributed by atoms with Crippen molar-refractivity contribution in [3.05, 3.63) is 45.9 Å². The van der Waals surface area contributed by atoms with Gasteiger partial charge in [-0.15, -0.1) is 35.3 Å². The van der Waals surface area contributed by atoms with E-state index in [1.165, 1.54) is 10.4 Å². The van der Waals surface area contributed by atoms with Crippen molar-refractivity contribution in [1.82, 2.24) is 15.6 Å². The summed E-state index contributed by atoms with van der Waals surface area (Å²) in [6.07, 6.45) is 4.90. The third kappa shape index (κ3) is 8.04. The van der Waals surface area contributed by atoms with Crippen molar-refractivity contribution in [2.75, 3.05) is 27.2 Å². The Morgan fingerprint density at radius 2 is 2.04 bits per heavy atom. The first-order chi connectivity index (χ1) is 11.7. The van der Waals surface area contributed by atoms with E-state index in [4.69, 9.17) is 4.74 Å². The number of nitrogens with one attached hydrogen (secondary N) is 2. The Morgan fingerprint density at radius 3 is 2.72 bits per heavy atom. The lowest BCUT2D eigenvalue weighted by Crippen LogP contribution is -2.38. The topological polar surface area (TPSA) is 58.5 Å². The van der Waals surface area contributed by atoms with E-state index < -0.39 is 0 Å². The van der Waals surface area contributed by atoms with Crippen molar-refractivity contribution in [1.29, 1.82) is 0 Å². The summed E-state index contributed by atoms with van der Waals surface area (Å²) < 4.78 is 5.25. The molecule has 2 aromatic rings. The van der Waals surface area contributed by atoms with Crippen LogP contribution in [0.25, 0.3) is 0 Å². The molecule has 0 bridgehead atoms. The summed E-state index contributed by atoms with van der Waals surface area (Å²) in [4.78, 5) is 9.88. The summed E-state index contributed by atoms with van der Waals surface area (Å²) >= 11 is 1.75. The van der Waals surface area contributed by atoms with E-state index in [1.807, 2.05) is 18.3 Å². The molecule has 0 saturated carbocycles. The number of guanidine groups is 1. The van der Waals surface area contributed by atoms with E-state index in [0.717, 1.165) is 49.1 Å². The highest BCUT2D eigenvalue weighted by Crippen LogP contribution is 2.13. The minimum Gasteiger partial charge on any atom is -0.497 e.